The first kappa shape index (κ1) is 22.0. The van der Waals surface area contributed by atoms with Crippen LogP contribution in [0.4, 0.5) is 11.4 Å². The number of ether oxygens (including phenoxy) is 1. The summed E-state index contributed by atoms with van der Waals surface area (Å²) in [6.45, 7) is 1.96. The van der Waals surface area contributed by atoms with Gasteiger partial charge in [0.1, 0.15) is 23.2 Å². The number of furan rings is 1. The molecule has 0 saturated carbocycles. The number of nitrogens with one attached hydrogen (secondary N) is 1. The molecule has 0 aliphatic rings. The fourth-order valence-corrected chi connectivity index (χ4v) is 2.73. The van der Waals surface area contributed by atoms with Crippen LogP contribution in [-0.2, 0) is 9.53 Å². The summed E-state index contributed by atoms with van der Waals surface area (Å²) in [6, 6.07) is 16.9. The summed E-state index contributed by atoms with van der Waals surface area (Å²) in [4.78, 5) is 34.4. The highest BCUT2D eigenvalue weighted by Gasteiger charge is 2.13. The molecule has 1 heterocycles. The van der Waals surface area contributed by atoms with E-state index in [0.29, 0.717) is 22.6 Å². The van der Waals surface area contributed by atoms with Gasteiger partial charge in [0.05, 0.1) is 17.1 Å². The van der Waals surface area contributed by atoms with Gasteiger partial charge >= 0.3 is 5.97 Å². The molecule has 0 spiro atoms. The second-order valence-corrected chi connectivity index (χ2v) is 6.43. The van der Waals surface area contributed by atoms with E-state index < -0.39 is 16.8 Å². The van der Waals surface area contributed by atoms with Crippen molar-refractivity contribution in [2.75, 3.05) is 11.9 Å². The molecule has 3 aromatic rings. The largest absolute Gasteiger partial charge is 0.462 e. The summed E-state index contributed by atoms with van der Waals surface area (Å²) in [5.41, 5.74) is 1.12. The number of nitro benzene ring substituents is 1. The molecule has 160 valence electrons. The third-order valence-electron chi connectivity index (χ3n) is 4.29. The zero-order valence-corrected chi connectivity index (χ0v) is 16.9. The highest BCUT2D eigenvalue weighted by Crippen LogP contribution is 2.25. The number of rotatable bonds is 7. The van der Waals surface area contributed by atoms with Crippen LogP contribution in [-0.4, -0.2) is 23.4 Å². The number of nitriles is 1. The van der Waals surface area contributed by atoms with E-state index in [1.54, 1.807) is 31.2 Å². The molecular weight excluding hydrogens is 414 g/mol. The molecule has 0 aliphatic heterocycles. The van der Waals surface area contributed by atoms with Crippen LogP contribution in [0.5, 0.6) is 0 Å². The van der Waals surface area contributed by atoms with Crippen LogP contribution in [0.15, 0.2) is 70.7 Å². The van der Waals surface area contributed by atoms with Crippen molar-refractivity contribution in [3.63, 3.8) is 0 Å². The van der Waals surface area contributed by atoms with E-state index in [9.17, 15) is 25.0 Å². The number of nitro groups is 1. The molecule has 0 radical (unpaired) electrons. The molecule has 0 atom stereocenters. The summed E-state index contributed by atoms with van der Waals surface area (Å²) in [5.74, 6) is -0.421. The second-order valence-electron chi connectivity index (χ2n) is 6.43. The fraction of sp³-hybridized carbons (Fsp3) is 0.0870. The quantitative estimate of drug-likeness (QED) is 0.190. The summed E-state index contributed by atoms with van der Waals surface area (Å²) in [5, 5.41) is 22.7. The van der Waals surface area contributed by atoms with Gasteiger partial charge in [0.15, 0.2) is 0 Å². The SMILES string of the molecule is CCOC(=O)c1ccc(NC(=O)/C(C#N)=C/c2ccc(-c3ccc([N+](=O)[O-])cc3)o2)cc1. The topological polar surface area (TPSA) is 135 Å². The second kappa shape index (κ2) is 9.86. The molecule has 1 amide bonds. The maximum Gasteiger partial charge on any atom is 0.338 e. The van der Waals surface area contributed by atoms with Crippen molar-refractivity contribution in [2.45, 2.75) is 6.92 Å². The number of hydrogen-bond acceptors (Lipinski definition) is 7. The standard InChI is InChI=1S/C23H17N3O6/c1-2-31-23(28)16-3-7-18(8-4-16)25-22(27)17(14-24)13-20-11-12-21(32-20)15-5-9-19(10-6-15)26(29)30/h3-13H,2H2,1H3,(H,25,27)/b17-13+. The zero-order chi connectivity index (χ0) is 23.1. The van der Waals surface area contributed by atoms with Gasteiger partial charge in [0.25, 0.3) is 11.6 Å². The fourth-order valence-electron chi connectivity index (χ4n) is 2.73. The molecular formula is C23H17N3O6. The van der Waals surface area contributed by atoms with Crippen molar-refractivity contribution >= 4 is 29.3 Å². The van der Waals surface area contributed by atoms with E-state index >= 15 is 0 Å². The first-order chi connectivity index (χ1) is 15.4. The Bertz CT molecular complexity index is 1220. The molecule has 0 saturated heterocycles. The van der Waals surface area contributed by atoms with Crippen LogP contribution in [0.25, 0.3) is 17.4 Å². The van der Waals surface area contributed by atoms with Crippen molar-refractivity contribution in [1.29, 1.82) is 5.26 Å². The lowest BCUT2D eigenvalue weighted by molar-refractivity contribution is -0.384. The van der Waals surface area contributed by atoms with Gasteiger partial charge in [0, 0.05) is 29.5 Å². The molecule has 9 nitrogen and oxygen atoms in total. The van der Waals surface area contributed by atoms with E-state index in [0.717, 1.165) is 0 Å². The molecule has 3 rings (SSSR count). The van der Waals surface area contributed by atoms with Gasteiger partial charge in [-0.15, -0.1) is 0 Å². The van der Waals surface area contributed by atoms with Crippen LogP contribution in [0.1, 0.15) is 23.0 Å². The number of benzene rings is 2. The average molecular weight is 431 g/mol. The van der Waals surface area contributed by atoms with Gasteiger partial charge in [-0.05, 0) is 55.5 Å². The maximum absolute atomic E-state index is 12.4. The van der Waals surface area contributed by atoms with Crippen LogP contribution in [0.3, 0.4) is 0 Å². The molecule has 2 aromatic carbocycles. The van der Waals surface area contributed by atoms with E-state index in [1.807, 2.05) is 6.07 Å². The average Bonchev–Trinajstić information content (AvgIpc) is 3.26. The lowest BCUT2D eigenvalue weighted by Crippen LogP contribution is -2.13. The lowest BCUT2D eigenvalue weighted by Gasteiger charge is -2.06. The number of anilines is 1. The van der Waals surface area contributed by atoms with Gasteiger partial charge in [-0.2, -0.15) is 5.26 Å². The van der Waals surface area contributed by atoms with Gasteiger partial charge < -0.3 is 14.5 Å². The summed E-state index contributed by atoms with van der Waals surface area (Å²) >= 11 is 0. The molecule has 0 aliphatic carbocycles. The number of carbonyl (C=O) groups excluding carboxylic acids is 2. The number of amides is 1. The van der Waals surface area contributed by atoms with Crippen molar-refractivity contribution in [1.82, 2.24) is 0 Å². The smallest absolute Gasteiger partial charge is 0.338 e. The predicted molar refractivity (Wildman–Crippen MR) is 115 cm³/mol. The summed E-state index contributed by atoms with van der Waals surface area (Å²) in [6.07, 6.45) is 1.29. The highest BCUT2D eigenvalue weighted by molar-refractivity contribution is 6.09. The number of hydrogen-bond donors (Lipinski definition) is 1. The van der Waals surface area contributed by atoms with Crippen LogP contribution >= 0.6 is 0 Å². The van der Waals surface area contributed by atoms with Crippen molar-refractivity contribution < 1.29 is 23.7 Å². The van der Waals surface area contributed by atoms with Crippen molar-refractivity contribution in [3.05, 3.63) is 87.7 Å². The summed E-state index contributed by atoms with van der Waals surface area (Å²) in [7, 11) is 0. The molecule has 0 fully saturated rings. The Balaban J connectivity index is 1.72. The Morgan fingerprint density at radius 2 is 1.81 bits per heavy atom. The predicted octanol–water partition coefficient (Wildman–Crippen LogP) is 4.58. The Morgan fingerprint density at radius 3 is 2.41 bits per heavy atom. The Morgan fingerprint density at radius 1 is 1.12 bits per heavy atom. The monoisotopic (exact) mass is 431 g/mol. The van der Waals surface area contributed by atoms with E-state index in [1.165, 1.54) is 42.5 Å². The minimum atomic E-state index is -0.648. The van der Waals surface area contributed by atoms with Gasteiger partial charge in [0.2, 0.25) is 0 Å². The third-order valence-corrected chi connectivity index (χ3v) is 4.29. The Hall–Kier alpha value is -4.71. The molecule has 9 heteroatoms. The molecule has 1 aromatic heterocycles. The Kier molecular flexibility index (Phi) is 6.78. The molecule has 0 bridgehead atoms. The zero-order valence-electron chi connectivity index (χ0n) is 16.9. The Labute approximate surface area is 182 Å². The molecule has 1 N–H and O–H groups in total. The first-order valence-corrected chi connectivity index (χ1v) is 9.46. The van der Waals surface area contributed by atoms with Crippen LogP contribution in [0.2, 0.25) is 0 Å². The highest BCUT2D eigenvalue weighted by atomic mass is 16.6. The molecule has 0 unspecified atom stereocenters. The normalized spacial score (nSPS) is 10.8. The van der Waals surface area contributed by atoms with Crippen LogP contribution in [0, 0.1) is 21.4 Å². The van der Waals surface area contributed by atoms with Gasteiger partial charge in [-0.3, -0.25) is 14.9 Å². The number of esters is 1. The lowest BCUT2D eigenvalue weighted by atomic mass is 10.1. The maximum atomic E-state index is 12.4. The number of non-ortho nitro benzene ring substituents is 1. The van der Waals surface area contributed by atoms with Crippen LogP contribution < -0.4 is 5.32 Å². The van der Waals surface area contributed by atoms with E-state index in [-0.39, 0.29) is 23.6 Å². The third kappa shape index (κ3) is 5.25. The number of nitrogens with zero attached hydrogens (tertiary/aromatic N) is 2. The van der Waals surface area contributed by atoms with E-state index in [2.05, 4.69) is 5.32 Å². The summed E-state index contributed by atoms with van der Waals surface area (Å²) < 4.78 is 10.5. The van der Waals surface area contributed by atoms with Gasteiger partial charge in [-0.1, -0.05) is 0 Å². The molecule has 32 heavy (non-hydrogen) atoms. The van der Waals surface area contributed by atoms with Gasteiger partial charge in [-0.25, -0.2) is 4.79 Å². The van der Waals surface area contributed by atoms with E-state index in [4.69, 9.17) is 9.15 Å². The minimum absolute atomic E-state index is 0.0425. The first-order valence-electron chi connectivity index (χ1n) is 9.46. The van der Waals surface area contributed by atoms with Crippen molar-refractivity contribution in [3.8, 4) is 17.4 Å². The minimum Gasteiger partial charge on any atom is -0.462 e. The number of carbonyl (C=O) groups is 2. The van der Waals surface area contributed by atoms with Crippen molar-refractivity contribution in [2.24, 2.45) is 0 Å².